The molecule has 3 aromatic heterocycles. The first-order valence-corrected chi connectivity index (χ1v) is 10.4. The zero-order valence-electron chi connectivity index (χ0n) is 16.5. The van der Waals surface area contributed by atoms with Crippen LogP contribution in [0.15, 0.2) is 97.2 Å². The Morgan fingerprint density at radius 1 is 0.613 bits per heavy atom. The van der Waals surface area contributed by atoms with Gasteiger partial charge >= 0.3 is 0 Å². The van der Waals surface area contributed by atoms with E-state index in [1.54, 1.807) is 0 Å². The number of hydrogen-bond acceptors (Lipinski definition) is 3. The quantitative estimate of drug-likeness (QED) is 0.277. The van der Waals surface area contributed by atoms with Gasteiger partial charge in [-0.3, -0.25) is 4.98 Å². The molecule has 6 aromatic rings. The van der Waals surface area contributed by atoms with Crippen molar-refractivity contribution in [3.05, 3.63) is 102 Å². The summed E-state index contributed by atoms with van der Waals surface area (Å²) in [5, 5.41) is 3.96. The number of pyridine rings is 3. The Balaban J connectivity index is 1.71. The van der Waals surface area contributed by atoms with E-state index < -0.39 is 0 Å². The fraction of sp³-hybridized carbons (Fsp3) is 0. The number of rotatable bonds is 2. The fourth-order valence-corrected chi connectivity index (χ4v) is 4.20. The summed E-state index contributed by atoms with van der Waals surface area (Å²) in [7, 11) is 0. The first kappa shape index (κ1) is 18.0. The van der Waals surface area contributed by atoms with Gasteiger partial charge in [-0.05, 0) is 48.5 Å². The van der Waals surface area contributed by atoms with E-state index in [1.165, 1.54) is 0 Å². The van der Waals surface area contributed by atoms with E-state index in [0.29, 0.717) is 5.02 Å². The predicted molar refractivity (Wildman–Crippen MR) is 128 cm³/mol. The lowest BCUT2D eigenvalue weighted by atomic mass is 9.98. The van der Waals surface area contributed by atoms with Gasteiger partial charge in [-0.15, -0.1) is 0 Å². The molecule has 6 rings (SSSR count). The average molecular weight is 418 g/mol. The summed E-state index contributed by atoms with van der Waals surface area (Å²) < 4.78 is 0. The molecule has 0 spiro atoms. The van der Waals surface area contributed by atoms with Gasteiger partial charge in [0.15, 0.2) is 0 Å². The summed E-state index contributed by atoms with van der Waals surface area (Å²) >= 11 is 6.10. The lowest BCUT2D eigenvalue weighted by molar-refractivity contribution is 1.36. The molecule has 0 aliphatic carbocycles. The molecule has 146 valence electrons. The zero-order chi connectivity index (χ0) is 20.8. The number of fused-ring (bicyclic) bond motifs is 4. The zero-order valence-corrected chi connectivity index (χ0v) is 17.2. The van der Waals surface area contributed by atoms with Gasteiger partial charge < -0.3 is 0 Å². The van der Waals surface area contributed by atoms with Crippen molar-refractivity contribution in [2.45, 2.75) is 0 Å². The lowest BCUT2D eigenvalue weighted by Crippen LogP contribution is -1.93. The Labute approximate surface area is 184 Å². The van der Waals surface area contributed by atoms with Gasteiger partial charge in [0.1, 0.15) is 0 Å². The highest BCUT2D eigenvalue weighted by molar-refractivity contribution is 6.30. The van der Waals surface area contributed by atoms with E-state index in [-0.39, 0.29) is 0 Å². The van der Waals surface area contributed by atoms with Crippen molar-refractivity contribution in [1.82, 2.24) is 15.0 Å². The summed E-state index contributed by atoms with van der Waals surface area (Å²) in [6.07, 6.45) is 1.82. The SMILES string of the molecule is Clc1ccc(-c2cc(-c3ccc4ccccc4n3)c3c(ccc4ncccc43)n2)cc1. The van der Waals surface area contributed by atoms with Crippen molar-refractivity contribution < 1.29 is 0 Å². The van der Waals surface area contributed by atoms with Crippen molar-refractivity contribution in [2.75, 3.05) is 0 Å². The molecule has 0 unspecified atom stereocenters. The van der Waals surface area contributed by atoms with Crippen LogP contribution in [0.2, 0.25) is 5.02 Å². The Bertz CT molecular complexity index is 1590. The maximum absolute atomic E-state index is 6.10. The standard InChI is InChI=1S/C27H16ClN3/c28-19-10-7-18(8-11-19)26-16-21(24-12-9-17-4-1-2-6-22(17)30-24)27-20-5-3-15-29-23(20)13-14-25(27)31-26/h1-16H. The van der Waals surface area contributed by atoms with Gasteiger partial charge in [0.2, 0.25) is 0 Å². The third kappa shape index (κ3) is 3.11. The van der Waals surface area contributed by atoms with Crippen LogP contribution >= 0.6 is 11.6 Å². The van der Waals surface area contributed by atoms with E-state index in [0.717, 1.165) is 55.2 Å². The van der Waals surface area contributed by atoms with Gasteiger partial charge in [0.05, 0.1) is 27.9 Å². The fourth-order valence-electron chi connectivity index (χ4n) is 4.07. The number of nitrogens with zero attached hydrogens (tertiary/aromatic N) is 3. The second-order valence-corrected chi connectivity index (χ2v) is 7.92. The minimum atomic E-state index is 0.707. The van der Waals surface area contributed by atoms with Crippen LogP contribution in [0.25, 0.3) is 55.2 Å². The van der Waals surface area contributed by atoms with E-state index in [1.807, 2.05) is 66.9 Å². The molecule has 0 aliphatic heterocycles. The highest BCUT2D eigenvalue weighted by atomic mass is 35.5. The topological polar surface area (TPSA) is 38.7 Å². The predicted octanol–water partition coefficient (Wildman–Crippen LogP) is 7.32. The van der Waals surface area contributed by atoms with E-state index >= 15 is 0 Å². The Kier molecular flexibility index (Phi) is 4.15. The van der Waals surface area contributed by atoms with Gasteiger partial charge in [-0.1, -0.05) is 54.1 Å². The van der Waals surface area contributed by atoms with Crippen molar-refractivity contribution in [3.8, 4) is 22.5 Å². The van der Waals surface area contributed by atoms with Crippen molar-refractivity contribution in [1.29, 1.82) is 0 Å². The summed E-state index contributed by atoms with van der Waals surface area (Å²) in [6.45, 7) is 0. The maximum atomic E-state index is 6.10. The molecule has 0 saturated heterocycles. The van der Waals surface area contributed by atoms with Gasteiger partial charge in [0, 0.05) is 38.5 Å². The molecule has 3 heterocycles. The average Bonchev–Trinajstić information content (AvgIpc) is 2.83. The summed E-state index contributed by atoms with van der Waals surface area (Å²) in [5.41, 5.74) is 6.68. The molecule has 0 bridgehead atoms. The minimum Gasteiger partial charge on any atom is -0.256 e. The minimum absolute atomic E-state index is 0.707. The molecule has 0 fully saturated rings. The molecule has 0 N–H and O–H groups in total. The molecule has 0 atom stereocenters. The number of halogens is 1. The number of aromatic nitrogens is 3. The molecule has 0 aliphatic rings. The largest absolute Gasteiger partial charge is 0.256 e. The monoisotopic (exact) mass is 417 g/mol. The van der Waals surface area contributed by atoms with Crippen LogP contribution in [-0.2, 0) is 0 Å². The molecular weight excluding hydrogens is 402 g/mol. The summed E-state index contributed by atoms with van der Waals surface area (Å²) in [6, 6.07) is 30.4. The third-order valence-corrected chi connectivity index (χ3v) is 5.82. The number of benzene rings is 3. The first-order valence-electron chi connectivity index (χ1n) is 10.1. The Morgan fingerprint density at radius 3 is 2.32 bits per heavy atom. The highest BCUT2D eigenvalue weighted by Crippen LogP contribution is 2.36. The van der Waals surface area contributed by atoms with Crippen LogP contribution in [0.1, 0.15) is 0 Å². The van der Waals surface area contributed by atoms with Crippen LogP contribution in [0.4, 0.5) is 0 Å². The highest BCUT2D eigenvalue weighted by Gasteiger charge is 2.14. The van der Waals surface area contributed by atoms with Gasteiger partial charge in [-0.25, -0.2) is 9.97 Å². The van der Waals surface area contributed by atoms with Crippen molar-refractivity contribution in [2.24, 2.45) is 0 Å². The van der Waals surface area contributed by atoms with Crippen LogP contribution in [-0.4, -0.2) is 15.0 Å². The molecule has 0 saturated carbocycles. The molecule has 4 heteroatoms. The Morgan fingerprint density at radius 2 is 1.42 bits per heavy atom. The van der Waals surface area contributed by atoms with E-state index in [9.17, 15) is 0 Å². The smallest absolute Gasteiger partial charge is 0.0723 e. The van der Waals surface area contributed by atoms with Crippen LogP contribution in [0.5, 0.6) is 0 Å². The summed E-state index contributed by atoms with van der Waals surface area (Å²) in [5.74, 6) is 0. The van der Waals surface area contributed by atoms with E-state index in [2.05, 4.69) is 35.3 Å². The normalized spacial score (nSPS) is 11.4. The Hall–Kier alpha value is -3.82. The van der Waals surface area contributed by atoms with Crippen molar-refractivity contribution in [3.63, 3.8) is 0 Å². The molecule has 3 nitrogen and oxygen atoms in total. The second kappa shape index (κ2) is 7.15. The van der Waals surface area contributed by atoms with Gasteiger partial charge in [-0.2, -0.15) is 0 Å². The molecular formula is C27H16ClN3. The summed E-state index contributed by atoms with van der Waals surface area (Å²) in [4.78, 5) is 14.5. The van der Waals surface area contributed by atoms with Crippen LogP contribution < -0.4 is 0 Å². The van der Waals surface area contributed by atoms with Gasteiger partial charge in [0.25, 0.3) is 0 Å². The molecule has 0 radical (unpaired) electrons. The second-order valence-electron chi connectivity index (χ2n) is 7.48. The maximum Gasteiger partial charge on any atom is 0.0723 e. The number of para-hydroxylation sites is 1. The molecule has 3 aromatic carbocycles. The molecule has 31 heavy (non-hydrogen) atoms. The lowest BCUT2D eigenvalue weighted by Gasteiger charge is -2.13. The van der Waals surface area contributed by atoms with Crippen LogP contribution in [0.3, 0.4) is 0 Å². The third-order valence-electron chi connectivity index (χ3n) is 5.57. The van der Waals surface area contributed by atoms with E-state index in [4.69, 9.17) is 21.6 Å². The van der Waals surface area contributed by atoms with Crippen LogP contribution in [0, 0.1) is 0 Å². The first-order chi connectivity index (χ1) is 15.3. The molecule has 0 amide bonds. The number of hydrogen-bond donors (Lipinski definition) is 0. The van der Waals surface area contributed by atoms with Crippen molar-refractivity contribution >= 4 is 44.3 Å².